The van der Waals surface area contributed by atoms with Crippen LogP contribution in [0.4, 0.5) is 0 Å². The van der Waals surface area contributed by atoms with Crippen LogP contribution in [0.15, 0.2) is 29.5 Å². The Morgan fingerprint density at radius 3 is 2.50 bits per heavy atom. The van der Waals surface area contributed by atoms with Crippen molar-refractivity contribution in [1.82, 2.24) is 15.2 Å². The molecule has 0 radical (unpaired) electrons. The standard InChI is InChI=1S/C12H22N4/c1-3-4-7-14-12(13-2)15-8-11-16-9-5-6-10-16/h5-6,9-10H,3-4,7-8,11H2,1-2H3,(H2,13,14,15). The Balaban J connectivity index is 2.14. The predicted octanol–water partition coefficient (Wildman–Crippen LogP) is 1.45. The second-order valence-corrected chi connectivity index (χ2v) is 3.70. The Labute approximate surface area is 97.8 Å². The lowest BCUT2D eigenvalue weighted by Gasteiger charge is -2.11. The number of hydrogen-bond acceptors (Lipinski definition) is 1. The number of aliphatic imine (C=N–C) groups is 1. The van der Waals surface area contributed by atoms with Gasteiger partial charge in [0.15, 0.2) is 5.96 Å². The SMILES string of the molecule is CCCCNC(=NC)NCCn1cccc1. The molecule has 0 bridgehead atoms. The van der Waals surface area contributed by atoms with Crippen LogP contribution in [0.25, 0.3) is 0 Å². The lowest BCUT2D eigenvalue weighted by atomic mass is 10.3. The van der Waals surface area contributed by atoms with Gasteiger partial charge in [-0.1, -0.05) is 13.3 Å². The quantitative estimate of drug-likeness (QED) is 0.434. The first-order chi connectivity index (χ1) is 7.86. The molecule has 0 unspecified atom stereocenters. The molecule has 0 saturated heterocycles. The summed E-state index contributed by atoms with van der Waals surface area (Å²) in [6, 6.07) is 4.07. The van der Waals surface area contributed by atoms with Gasteiger partial charge in [-0.2, -0.15) is 0 Å². The molecule has 0 saturated carbocycles. The Bertz CT molecular complexity index is 290. The van der Waals surface area contributed by atoms with Gasteiger partial charge in [0.05, 0.1) is 0 Å². The minimum absolute atomic E-state index is 0.889. The summed E-state index contributed by atoms with van der Waals surface area (Å²) in [5, 5.41) is 6.56. The molecule has 2 N–H and O–H groups in total. The maximum Gasteiger partial charge on any atom is 0.191 e. The fourth-order valence-corrected chi connectivity index (χ4v) is 1.43. The van der Waals surface area contributed by atoms with E-state index in [9.17, 15) is 0 Å². The summed E-state index contributed by atoms with van der Waals surface area (Å²) < 4.78 is 2.15. The fourth-order valence-electron chi connectivity index (χ4n) is 1.43. The van der Waals surface area contributed by atoms with Gasteiger partial charge in [-0.25, -0.2) is 0 Å². The van der Waals surface area contributed by atoms with E-state index in [1.54, 1.807) is 7.05 Å². The van der Waals surface area contributed by atoms with Crippen LogP contribution in [0, 0.1) is 0 Å². The zero-order chi connectivity index (χ0) is 11.6. The van der Waals surface area contributed by atoms with Crippen molar-refractivity contribution >= 4 is 5.96 Å². The van der Waals surface area contributed by atoms with Crippen molar-refractivity contribution in [3.63, 3.8) is 0 Å². The summed E-state index contributed by atoms with van der Waals surface area (Å²) >= 11 is 0. The van der Waals surface area contributed by atoms with Gasteiger partial charge in [0, 0.05) is 39.1 Å². The molecule has 1 rings (SSSR count). The highest BCUT2D eigenvalue weighted by atomic mass is 15.2. The monoisotopic (exact) mass is 222 g/mol. The van der Waals surface area contributed by atoms with Gasteiger partial charge < -0.3 is 15.2 Å². The van der Waals surface area contributed by atoms with E-state index in [1.807, 2.05) is 12.1 Å². The molecule has 4 heteroatoms. The van der Waals surface area contributed by atoms with Crippen molar-refractivity contribution in [2.24, 2.45) is 4.99 Å². The number of guanidine groups is 1. The van der Waals surface area contributed by atoms with Crippen molar-refractivity contribution < 1.29 is 0 Å². The normalized spacial score (nSPS) is 11.5. The highest BCUT2D eigenvalue weighted by Crippen LogP contribution is 1.88. The van der Waals surface area contributed by atoms with E-state index < -0.39 is 0 Å². The van der Waals surface area contributed by atoms with E-state index >= 15 is 0 Å². The van der Waals surface area contributed by atoms with Gasteiger partial charge in [0.1, 0.15) is 0 Å². The van der Waals surface area contributed by atoms with Crippen LogP contribution in [-0.2, 0) is 6.54 Å². The molecule has 0 aliphatic rings. The molecule has 0 fully saturated rings. The number of hydrogen-bond donors (Lipinski definition) is 2. The molecule has 0 aliphatic heterocycles. The molecule has 4 nitrogen and oxygen atoms in total. The zero-order valence-corrected chi connectivity index (χ0v) is 10.2. The van der Waals surface area contributed by atoms with E-state index in [4.69, 9.17) is 0 Å². The Hall–Kier alpha value is -1.45. The van der Waals surface area contributed by atoms with Gasteiger partial charge in [-0.3, -0.25) is 4.99 Å². The lowest BCUT2D eigenvalue weighted by Crippen LogP contribution is -2.39. The molecule has 0 aromatic carbocycles. The Morgan fingerprint density at radius 1 is 1.19 bits per heavy atom. The zero-order valence-electron chi connectivity index (χ0n) is 10.2. The molecule has 1 aromatic rings. The second-order valence-electron chi connectivity index (χ2n) is 3.70. The van der Waals surface area contributed by atoms with Crippen LogP contribution in [0.5, 0.6) is 0 Å². The van der Waals surface area contributed by atoms with Crippen molar-refractivity contribution in [2.75, 3.05) is 20.1 Å². The summed E-state index contributed by atoms with van der Waals surface area (Å²) in [5.74, 6) is 0.889. The highest BCUT2D eigenvalue weighted by molar-refractivity contribution is 5.79. The average molecular weight is 222 g/mol. The first-order valence-corrected chi connectivity index (χ1v) is 5.92. The molecular weight excluding hydrogens is 200 g/mol. The van der Waals surface area contributed by atoms with Gasteiger partial charge in [0.25, 0.3) is 0 Å². The van der Waals surface area contributed by atoms with Crippen molar-refractivity contribution in [2.45, 2.75) is 26.3 Å². The topological polar surface area (TPSA) is 41.4 Å². The van der Waals surface area contributed by atoms with Crippen LogP contribution in [0.1, 0.15) is 19.8 Å². The summed E-state index contributed by atoms with van der Waals surface area (Å²) in [5.41, 5.74) is 0. The third kappa shape index (κ3) is 4.87. The van der Waals surface area contributed by atoms with E-state index in [2.05, 4.69) is 39.5 Å². The van der Waals surface area contributed by atoms with E-state index in [1.165, 1.54) is 12.8 Å². The molecule has 0 spiro atoms. The van der Waals surface area contributed by atoms with Gasteiger partial charge in [-0.15, -0.1) is 0 Å². The molecule has 1 aromatic heterocycles. The fraction of sp³-hybridized carbons (Fsp3) is 0.583. The number of aromatic nitrogens is 1. The molecule has 0 atom stereocenters. The maximum absolute atomic E-state index is 4.16. The largest absolute Gasteiger partial charge is 0.356 e. The third-order valence-electron chi connectivity index (χ3n) is 2.38. The van der Waals surface area contributed by atoms with E-state index in [0.29, 0.717) is 0 Å². The maximum atomic E-state index is 4.16. The summed E-state index contributed by atoms with van der Waals surface area (Å²) in [6.45, 7) is 5.02. The lowest BCUT2D eigenvalue weighted by molar-refractivity contribution is 0.659. The number of rotatable bonds is 6. The summed E-state index contributed by atoms with van der Waals surface area (Å²) in [4.78, 5) is 4.16. The van der Waals surface area contributed by atoms with E-state index in [-0.39, 0.29) is 0 Å². The van der Waals surface area contributed by atoms with Crippen LogP contribution in [-0.4, -0.2) is 30.7 Å². The molecule has 0 amide bonds. The van der Waals surface area contributed by atoms with Crippen LogP contribution in [0.3, 0.4) is 0 Å². The van der Waals surface area contributed by atoms with Crippen molar-refractivity contribution in [1.29, 1.82) is 0 Å². The third-order valence-corrected chi connectivity index (χ3v) is 2.38. The molecule has 90 valence electrons. The van der Waals surface area contributed by atoms with Crippen molar-refractivity contribution in [3.05, 3.63) is 24.5 Å². The first-order valence-electron chi connectivity index (χ1n) is 5.92. The van der Waals surface area contributed by atoms with Crippen LogP contribution >= 0.6 is 0 Å². The smallest absolute Gasteiger partial charge is 0.191 e. The Kier molecular flexibility index (Phi) is 6.15. The number of unbranched alkanes of at least 4 members (excludes halogenated alkanes) is 1. The molecule has 16 heavy (non-hydrogen) atoms. The van der Waals surface area contributed by atoms with Crippen LogP contribution < -0.4 is 10.6 Å². The minimum atomic E-state index is 0.889. The minimum Gasteiger partial charge on any atom is -0.356 e. The molecular formula is C12H22N4. The van der Waals surface area contributed by atoms with Gasteiger partial charge in [0.2, 0.25) is 0 Å². The van der Waals surface area contributed by atoms with Gasteiger partial charge >= 0.3 is 0 Å². The van der Waals surface area contributed by atoms with Crippen molar-refractivity contribution in [3.8, 4) is 0 Å². The highest BCUT2D eigenvalue weighted by Gasteiger charge is 1.95. The molecule has 0 aliphatic carbocycles. The van der Waals surface area contributed by atoms with Gasteiger partial charge in [-0.05, 0) is 18.6 Å². The van der Waals surface area contributed by atoms with Crippen LogP contribution in [0.2, 0.25) is 0 Å². The number of nitrogens with zero attached hydrogens (tertiary/aromatic N) is 2. The second kappa shape index (κ2) is 7.79. The van der Waals surface area contributed by atoms with E-state index in [0.717, 1.165) is 25.6 Å². The summed E-state index contributed by atoms with van der Waals surface area (Å²) in [7, 11) is 1.80. The Morgan fingerprint density at radius 2 is 1.88 bits per heavy atom. The first kappa shape index (κ1) is 12.6. The molecule has 1 heterocycles. The average Bonchev–Trinajstić information content (AvgIpc) is 2.80. The predicted molar refractivity (Wildman–Crippen MR) is 68.7 cm³/mol. The number of nitrogens with one attached hydrogen (secondary N) is 2. The summed E-state index contributed by atoms with van der Waals surface area (Å²) in [6.07, 6.45) is 6.51.